The van der Waals surface area contributed by atoms with E-state index in [1.54, 1.807) is 0 Å². The molecule has 1 aromatic rings. The molecule has 1 aromatic heterocycles. The predicted octanol–water partition coefficient (Wildman–Crippen LogP) is 3.51. The monoisotopic (exact) mass is 288 g/mol. The van der Waals surface area contributed by atoms with E-state index < -0.39 is 5.97 Å². The van der Waals surface area contributed by atoms with Gasteiger partial charge in [-0.25, -0.2) is 9.78 Å². The van der Waals surface area contributed by atoms with Gasteiger partial charge in [-0.1, -0.05) is 13.3 Å². The standard InChI is InChI=1S/C17H24N2O2/c1-11-6-7-12(8-11)10-18-16-14(17(20)21)9-13-4-2-3-5-15(13)19-16/h9,11-12H,2-8,10H2,1H3,(H,18,19)(H,20,21). The maximum Gasteiger partial charge on any atom is 0.339 e. The van der Waals surface area contributed by atoms with Gasteiger partial charge < -0.3 is 10.4 Å². The van der Waals surface area contributed by atoms with E-state index in [9.17, 15) is 9.90 Å². The molecule has 0 aromatic carbocycles. The van der Waals surface area contributed by atoms with Gasteiger partial charge >= 0.3 is 5.97 Å². The molecule has 4 nitrogen and oxygen atoms in total. The number of anilines is 1. The number of nitrogens with zero attached hydrogens (tertiary/aromatic N) is 1. The third kappa shape index (κ3) is 3.20. The van der Waals surface area contributed by atoms with Crippen molar-refractivity contribution < 1.29 is 9.90 Å². The van der Waals surface area contributed by atoms with Crippen molar-refractivity contribution in [2.24, 2.45) is 11.8 Å². The summed E-state index contributed by atoms with van der Waals surface area (Å²) in [5.74, 6) is 1.15. The fourth-order valence-electron chi connectivity index (χ4n) is 3.68. The molecule has 0 amide bonds. The van der Waals surface area contributed by atoms with Crippen LogP contribution in [0.2, 0.25) is 0 Å². The lowest BCUT2D eigenvalue weighted by Gasteiger charge is -2.19. The Morgan fingerprint density at radius 2 is 2.19 bits per heavy atom. The molecule has 1 saturated carbocycles. The maximum absolute atomic E-state index is 11.5. The summed E-state index contributed by atoms with van der Waals surface area (Å²) >= 11 is 0. The third-order valence-corrected chi connectivity index (χ3v) is 4.89. The number of fused-ring (bicyclic) bond motifs is 1. The Morgan fingerprint density at radius 3 is 2.90 bits per heavy atom. The number of nitrogens with one attached hydrogen (secondary N) is 1. The van der Waals surface area contributed by atoms with Crippen LogP contribution in [-0.2, 0) is 12.8 Å². The highest BCUT2D eigenvalue weighted by Crippen LogP contribution is 2.31. The number of aryl methyl sites for hydroxylation is 2. The first-order valence-corrected chi connectivity index (χ1v) is 8.13. The average Bonchev–Trinajstić information content (AvgIpc) is 2.89. The van der Waals surface area contributed by atoms with Gasteiger partial charge in [0.15, 0.2) is 0 Å². The topological polar surface area (TPSA) is 62.2 Å². The van der Waals surface area contributed by atoms with Crippen molar-refractivity contribution in [2.45, 2.75) is 51.9 Å². The van der Waals surface area contributed by atoms with E-state index in [0.717, 1.165) is 49.4 Å². The maximum atomic E-state index is 11.5. The van der Waals surface area contributed by atoms with Gasteiger partial charge in [-0.2, -0.15) is 0 Å². The number of aromatic carboxylic acids is 1. The summed E-state index contributed by atoms with van der Waals surface area (Å²) in [7, 11) is 0. The van der Waals surface area contributed by atoms with Gasteiger partial charge in [-0.05, 0) is 62.0 Å². The molecule has 2 unspecified atom stereocenters. The van der Waals surface area contributed by atoms with E-state index in [0.29, 0.717) is 17.3 Å². The number of hydrogen-bond donors (Lipinski definition) is 2. The van der Waals surface area contributed by atoms with Crippen molar-refractivity contribution >= 4 is 11.8 Å². The molecule has 0 spiro atoms. The Balaban J connectivity index is 1.77. The summed E-state index contributed by atoms with van der Waals surface area (Å²) in [5, 5.41) is 12.7. The Bertz CT molecular complexity index is 542. The molecule has 0 aliphatic heterocycles. The van der Waals surface area contributed by atoms with Crippen molar-refractivity contribution in [1.29, 1.82) is 0 Å². The van der Waals surface area contributed by atoms with E-state index in [4.69, 9.17) is 0 Å². The van der Waals surface area contributed by atoms with Crippen molar-refractivity contribution in [1.82, 2.24) is 4.98 Å². The molecule has 2 atom stereocenters. The molecule has 4 heteroatoms. The summed E-state index contributed by atoms with van der Waals surface area (Å²) in [4.78, 5) is 16.1. The quantitative estimate of drug-likeness (QED) is 0.890. The zero-order valence-electron chi connectivity index (χ0n) is 12.7. The lowest BCUT2D eigenvalue weighted by molar-refractivity contribution is 0.0697. The fraction of sp³-hybridized carbons (Fsp3) is 0.647. The summed E-state index contributed by atoms with van der Waals surface area (Å²) in [5.41, 5.74) is 2.55. The van der Waals surface area contributed by atoms with Crippen LogP contribution in [0.4, 0.5) is 5.82 Å². The number of aromatic nitrogens is 1. The fourth-order valence-corrected chi connectivity index (χ4v) is 3.68. The second-order valence-corrected chi connectivity index (χ2v) is 6.67. The minimum absolute atomic E-state index is 0.335. The van der Waals surface area contributed by atoms with E-state index >= 15 is 0 Å². The van der Waals surface area contributed by atoms with Gasteiger partial charge in [0.05, 0.1) is 0 Å². The smallest absolute Gasteiger partial charge is 0.339 e. The van der Waals surface area contributed by atoms with Crippen molar-refractivity contribution in [3.8, 4) is 0 Å². The number of carboxylic acids is 1. The molecule has 114 valence electrons. The highest BCUT2D eigenvalue weighted by Gasteiger charge is 2.23. The minimum atomic E-state index is -0.877. The van der Waals surface area contributed by atoms with Crippen LogP contribution in [-0.4, -0.2) is 22.6 Å². The van der Waals surface area contributed by atoms with Gasteiger partial charge in [0.1, 0.15) is 11.4 Å². The Morgan fingerprint density at radius 1 is 1.38 bits per heavy atom. The van der Waals surface area contributed by atoms with Crippen LogP contribution in [0.5, 0.6) is 0 Å². The molecular weight excluding hydrogens is 264 g/mol. The van der Waals surface area contributed by atoms with E-state index in [2.05, 4.69) is 17.2 Å². The second-order valence-electron chi connectivity index (χ2n) is 6.67. The largest absolute Gasteiger partial charge is 0.478 e. The highest BCUT2D eigenvalue weighted by molar-refractivity contribution is 5.93. The number of hydrogen-bond acceptors (Lipinski definition) is 3. The molecule has 0 saturated heterocycles. The summed E-state index contributed by atoms with van der Waals surface area (Å²) in [6, 6.07) is 1.84. The number of carbonyl (C=O) groups is 1. The Kier molecular flexibility index (Phi) is 4.13. The molecule has 2 N–H and O–H groups in total. The van der Waals surface area contributed by atoms with E-state index in [-0.39, 0.29) is 0 Å². The van der Waals surface area contributed by atoms with Crippen LogP contribution in [0.15, 0.2) is 6.07 Å². The first kappa shape index (κ1) is 14.4. The predicted molar refractivity (Wildman–Crippen MR) is 82.8 cm³/mol. The lowest BCUT2D eigenvalue weighted by atomic mass is 9.94. The van der Waals surface area contributed by atoms with E-state index in [1.807, 2.05) is 6.07 Å². The van der Waals surface area contributed by atoms with Gasteiger partial charge in [-0.15, -0.1) is 0 Å². The van der Waals surface area contributed by atoms with Gasteiger partial charge in [0.2, 0.25) is 0 Å². The number of rotatable bonds is 4. The Hall–Kier alpha value is -1.58. The molecule has 0 radical (unpaired) electrons. The second kappa shape index (κ2) is 6.04. The van der Waals surface area contributed by atoms with Gasteiger partial charge in [0.25, 0.3) is 0 Å². The van der Waals surface area contributed by atoms with Crippen LogP contribution in [0.1, 0.15) is 60.6 Å². The van der Waals surface area contributed by atoms with Crippen LogP contribution < -0.4 is 5.32 Å². The Labute approximate surface area is 126 Å². The normalized spacial score (nSPS) is 24.6. The number of pyridine rings is 1. The molecule has 1 fully saturated rings. The molecule has 3 rings (SSSR count). The summed E-state index contributed by atoms with van der Waals surface area (Å²) < 4.78 is 0. The van der Waals surface area contributed by atoms with Gasteiger partial charge in [0, 0.05) is 12.2 Å². The zero-order chi connectivity index (χ0) is 14.8. The SMILES string of the molecule is CC1CCC(CNc2nc3c(cc2C(=O)O)CCCC3)C1. The van der Waals surface area contributed by atoms with E-state index in [1.165, 1.54) is 19.3 Å². The van der Waals surface area contributed by atoms with Crippen LogP contribution in [0.3, 0.4) is 0 Å². The van der Waals surface area contributed by atoms with Crippen molar-refractivity contribution in [2.75, 3.05) is 11.9 Å². The van der Waals surface area contributed by atoms with Crippen LogP contribution in [0, 0.1) is 11.8 Å². The number of carboxylic acid groups (broad SMARTS) is 1. The van der Waals surface area contributed by atoms with Crippen molar-refractivity contribution in [3.63, 3.8) is 0 Å². The van der Waals surface area contributed by atoms with Crippen LogP contribution >= 0.6 is 0 Å². The molecule has 2 aliphatic carbocycles. The van der Waals surface area contributed by atoms with Crippen LogP contribution in [0.25, 0.3) is 0 Å². The highest BCUT2D eigenvalue weighted by atomic mass is 16.4. The van der Waals surface area contributed by atoms with Crippen molar-refractivity contribution in [3.05, 3.63) is 22.9 Å². The average molecular weight is 288 g/mol. The van der Waals surface area contributed by atoms with Gasteiger partial charge in [-0.3, -0.25) is 0 Å². The minimum Gasteiger partial charge on any atom is -0.478 e. The summed E-state index contributed by atoms with van der Waals surface area (Å²) in [6.07, 6.45) is 8.00. The first-order valence-electron chi connectivity index (χ1n) is 8.13. The molecule has 0 bridgehead atoms. The zero-order valence-corrected chi connectivity index (χ0v) is 12.7. The molecule has 2 aliphatic rings. The lowest BCUT2D eigenvalue weighted by Crippen LogP contribution is -2.18. The molecule has 21 heavy (non-hydrogen) atoms. The summed E-state index contributed by atoms with van der Waals surface area (Å²) in [6.45, 7) is 3.14. The molecule has 1 heterocycles. The third-order valence-electron chi connectivity index (χ3n) is 4.89. The first-order chi connectivity index (χ1) is 10.1. The molecular formula is C17H24N2O2.